The third kappa shape index (κ3) is 12.8. The number of aromatic amines is 3. The van der Waals surface area contributed by atoms with Crippen LogP contribution in [0.25, 0.3) is 83.9 Å². The molecular weight excluding hydrogens is 1440 g/mol. The first kappa shape index (κ1) is 71.0. The van der Waals surface area contributed by atoms with Crippen molar-refractivity contribution in [3.05, 3.63) is 199 Å². The molecule has 37 nitrogen and oxygen atoms in total. The highest BCUT2D eigenvalue weighted by Crippen LogP contribution is 2.37. The molecule has 0 bridgehead atoms. The third-order valence-electron chi connectivity index (χ3n) is 19.4. The molecule has 0 radical (unpaired) electrons. The molecule has 112 heavy (non-hydrogen) atoms. The number of hydrogen-bond donors (Lipinski definition) is 3. The molecule has 0 saturated heterocycles. The minimum atomic E-state index is -0.670. The van der Waals surface area contributed by atoms with Gasteiger partial charge in [-0.15, -0.1) is 0 Å². The van der Waals surface area contributed by atoms with Crippen molar-refractivity contribution in [2.45, 2.75) is 60.0 Å². The Hall–Kier alpha value is -15.3. The van der Waals surface area contributed by atoms with Crippen LogP contribution in [0.3, 0.4) is 0 Å². The number of aryl methyl sites for hydroxylation is 3. The summed E-state index contributed by atoms with van der Waals surface area (Å²) in [5.74, 6) is 2.87. The molecule has 3 aliphatic heterocycles. The van der Waals surface area contributed by atoms with E-state index < -0.39 is 35.1 Å². The lowest BCUT2D eigenvalue weighted by atomic mass is 10.1. The molecule has 0 aliphatic carbocycles. The molecule has 3 aliphatic rings. The molecule has 560 valence electrons. The number of carbonyl (C=O) groups excluding carboxylic acids is 6. The second kappa shape index (κ2) is 29.5. The van der Waals surface area contributed by atoms with Crippen molar-refractivity contribution >= 4 is 67.8 Å². The first-order valence-electron chi connectivity index (χ1n) is 34.9. The molecule has 0 saturated carbocycles. The van der Waals surface area contributed by atoms with Gasteiger partial charge in [0.05, 0.1) is 163 Å². The van der Waals surface area contributed by atoms with Crippen molar-refractivity contribution in [2.75, 3.05) is 48.1 Å². The summed E-state index contributed by atoms with van der Waals surface area (Å²) in [5, 5.41) is 23.8. The number of nitrogens with zero attached hydrogens (tertiary/aromatic N) is 24. The van der Waals surface area contributed by atoms with Crippen molar-refractivity contribution in [1.29, 1.82) is 5.26 Å². The topological polar surface area (TPSA) is 430 Å². The van der Waals surface area contributed by atoms with Crippen molar-refractivity contribution < 1.29 is 47.7 Å². The summed E-state index contributed by atoms with van der Waals surface area (Å²) in [5.41, 5.74) is 7.98. The zero-order chi connectivity index (χ0) is 77.6. The van der Waals surface area contributed by atoms with E-state index in [1.165, 1.54) is 106 Å². The molecule has 14 aromatic heterocycles. The number of ether oxygens (including phenoxy) is 4. The molecule has 3 amide bonds. The van der Waals surface area contributed by atoms with Crippen LogP contribution in [0.2, 0.25) is 0 Å². The molecular formula is C75H65N27O10. The number of rotatable bonds is 16. The van der Waals surface area contributed by atoms with Gasteiger partial charge in [0, 0.05) is 99.2 Å². The second-order valence-corrected chi connectivity index (χ2v) is 25.8. The normalized spacial score (nSPS) is 13.0. The first-order valence-corrected chi connectivity index (χ1v) is 34.9. The Morgan fingerprint density at radius 3 is 1.18 bits per heavy atom. The van der Waals surface area contributed by atoms with E-state index in [4.69, 9.17) is 18.9 Å². The van der Waals surface area contributed by atoms with Gasteiger partial charge in [-0.05, 0) is 45.0 Å². The van der Waals surface area contributed by atoms with Crippen molar-refractivity contribution in [3.8, 4) is 80.4 Å². The number of aromatic nitrogens is 23. The number of benzene rings is 1. The highest BCUT2D eigenvalue weighted by Gasteiger charge is 2.36. The van der Waals surface area contributed by atoms with Gasteiger partial charge in [-0.25, -0.2) is 63.9 Å². The standard InChI is InChI=1S/C26H21N9O3.C25H23N9O4.C24H21N9O3/c1-15-31-14-35(32-15)25-23-22(20(38-2)12-30-25)18(10-29-23)24(36)26(37)33-7-8-34-19(11-28-21(34)13-33)17-6-4-3-5-16(17)9-27;1-14-30-13-34(31-14)24-22-21(18(37-2)11-29-24)16(9-28-22)23(35)25(36)32-6-7-33-17(10-26-19(33)12-32)15-4-5-20(38-3)27-8-15;1-14-29-13-33(30-14)23-21-20(18(36-2)11-28-23)16(9-27-21)22(34)24(35)31-7-8-32-17(10-26-19(32)12-31)15-3-5-25-6-4-15/h3-6,10-12,14,29H,7-8,13H2,1-2H3;4-5,8-11,13,28H,6-7,12H2,1-3H3;3-6,9-11,13,27H,7-8,12H2,1-2H3. The Kier molecular flexibility index (Phi) is 18.7. The van der Waals surface area contributed by atoms with Gasteiger partial charge >= 0.3 is 0 Å². The average Bonchev–Trinajstić information content (AvgIpc) is 1.61. The predicted molar refractivity (Wildman–Crippen MR) is 396 cm³/mol. The Morgan fingerprint density at radius 1 is 0.420 bits per heavy atom. The number of nitriles is 1. The molecule has 0 spiro atoms. The fourth-order valence-electron chi connectivity index (χ4n) is 13.9. The summed E-state index contributed by atoms with van der Waals surface area (Å²) in [6.07, 6.45) is 24.0. The lowest BCUT2D eigenvalue weighted by molar-refractivity contribution is -0.128. The number of hydrogen-bond acceptors (Lipinski definition) is 25. The summed E-state index contributed by atoms with van der Waals surface area (Å²) >= 11 is 0. The molecule has 3 N–H and O–H groups in total. The second-order valence-electron chi connectivity index (χ2n) is 25.8. The van der Waals surface area contributed by atoms with E-state index >= 15 is 0 Å². The van der Waals surface area contributed by atoms with E-state index in [0.29, 0.717) is 147 Å². The monoisotopic (exact) mass is 1500 g/mol. The first-order chi connectivity index (χ1) is 54.5. The number of amides is 3. The quantitative estimate of drug-likeness (QED) is 0.0703. The van der Waals surface area contributed by atoms with E-state index in [-0.39, 0.29) is 36.3 Å². The van der Waals surface area contributed by atoms with Gasteiger partial charge < -0.3 is 62.3 Å². The number of H-pyrrole nitrogens is 3. The van der Waals surface area contributed by atoms with Gasteiger partial charge in [-0.2, -0.15) is 20.6 Å². The number of methoxy groups -OCH3 is 4. The van der Waals surface area contributed by atoms with Crippen molar-refractivity contribution in [2.24, 2.45) is 0 Å². The molecule has 0 unspecified atom stereocenters. The lowest BCUT2D eigenvalue weighted by Crippen LogP contribution is -2.42. The zero-order valence-electron chi connectivity index (χ0n) is 61.0. The molecule has 17 heterocycles. The maximum absolute atomic E-state index is 13.5. The summed E-state index contributed by atoms with van der Waals surface area (Å²) in [6.45, 7) is 8.43. The smallest absolute Gasteiger partial charge is 0.295 e. The van der Waals surface area contributed by atoms with Gasteiger partial charge in [-0.1, -0.05) is 18.2 Å². The van der Waals surface area contributed by atoms with Crippen molar-refractivity contribution in [1.82, 2.24) is 128 Å². The maximum Gasteiger partial charge on any atom is 0.295 e. The number of imidazole rings is 3. The highest BCUT2D eigenvalue weighted by molar-refractivity contribution is 6.46. The van der Waals surface area contributed by atoms with Crippen LogP contribution < -0.4 is 18.9 Å². The Labute approximate surface area is 633 Å². The van der Waals surface area contributed by atoms with Crippen LogP contribution in [0.5, 0.6) is 23.1 Å². The van der Waals surface area contributed by atoms with E-state index in [1.807, 2.05) is 45.5 Å². The van der Waals surface area contributed by atoms with Gasteiger partial charge in [-0.3, -0.25) is 33.8 Å². The number of nitrogens with one attached hydrogen (secondary N) is 3. The van der Waals surface area contributed by atoms with E-state index in [1.54, 1.807) is 77.2 Å². The van der Waals surface area contributed by atoms with E-state index in [9.17, 15) is 34.0 Å². The molecule has 15 aromatic rings. The summed E-state index contributed by atoms with van der Waals surface area (Å²) in [7, 11) is 6.02. The fraction of sp³-hybridized carbons (Fsp3) is 0.213. The number of Topliss-reactive ketones (excluding diaryl/α,β-unsaturated/α-hetero) is 3. The number of ketones is 3. The highest BCUT2D eigenvalue weighted by atomic mass is 16.5. The fourth-order valence-corrected chi connectivity index (χ4v) is 13.9. The Bertz CT molecular complexity index is 6260. The predicted octanol–water partition coefficient (Wildman–Crippen LogP) is 6.32. The largest absolute Gasteiger partial charge is 0.494 e. The molecule has 18 rings (SSSR count). The third-order valence-corrected chi connectivity index (χ3v) is 19.4. The molecule has 0 atom stereocenters. The van der Waals surface area contributed by atoms with Crippen LogP contribution in [-0.4, -0.2) is 211 Å². The van der Waals surface area contributed by atoms with Crippen LogP contribution >= 0.6 is 0 Å². The number of fused-ring (bicyclic) bond motifs is 6. The van der Waals surface area contributed by atoms with E-state index in [0.717, 1.165) is 39.6 Å². The zero-order valence-corrected chi connectivity index (χ0v) is 61.0. The average molecular weight is 1500 g/mol. The Balaban J connectivity index is 0.000000127. The molecule has 1 aromatic carbocycles. The van der Waals surface area contributed by atoms with Crippen LogP contribution in [0, 0.1) is 32.1 Å². The van der Waals surface area contributed by atoms with E-state index in [2.05, 4.69) is 95.7 Å². The summed E-state index contributed by atoms with van der Waals surface area (Å²) in [4.78, 5) is 142. The van der Waals surface area contributed by atoms with Crippen LogP contribution in [0.15, 0.2) is 142 Å². The minimum absolute atomic E-state index is 0.170. The van der Waals surface area contributed by atoms with Crippen LogP contribution in [0.1, 0.15) is 71.6 Å². The van der Waals surface area contributed by atoms with Gasteiger partial charge in [0.25, 0.3) is 35.1 Å². The van der Waals surface area contributed by atoms with Gasteiger partial charge in [0.1, 0.15) is 71.2 Å². The molecule has 37 heteroatoms. The van der Waals surface area contributed by atoms with Gasteiger partial charge in [0.15, 0.2) is 17.5 Å². The minimum Gasteiger partial charge on any atom is -0.494 e. The Morgan fingerprint density at radius 2 is 0.812 bits per heavy atom. The summed E-state index contributed by atoms with van der Waals surface area (Å²) in [6, 6.07) is 17.0. The number of carbonyl (C=O) groups is 6. The van der Waals surface area contributed by atoms with Crippen molar-refractivity contribution in [3.63, 3.8) is 0 Å². The SMILES string of the molecule is COc1ccc(-c2cnc3n2CCN(C(=O)C(=O)c2c[nH]c4c(-n5cnc(C)n5)ncc(OC)c24)C3)cn1.COc1cnc(-n2cnc(C)n2)c2[nH]cc(C(=O)C(=O)N3CCn4c(-c5ccccc5C#N)cnc4C3)c12.COc1cnc(-n2cnc(C)n2)c2[nH]cc(C(=O)C(=O)N3CCn4c(-c5ccncc5)cnc4C3)c12. The lowest BCUT2D eigenvalue weighted by Gasteiger charge is -2.28. The van der Waals surface area contributed by atoms with Crippen LogP contribution in [-0.2, 0) is 53.7 Å². The maximum atomic E-state index is 13.5. The van der Waals surface area contributed by atoms with Gasteiger partial charge in [0.2, 0.25) is 5.88 Å². The van der Waals surface area contributed by atoms with Crippen LogP contribution in [0.4, 0.5) is 0 Å². The number of pyridine rings is 5. The summed E-state index contributed by atoms with van der Waals surface area (Å²) < 4.78 is 32.1. The molecule has 0 fully saturated rings.